The molecule has 1 aromatic carbocycles. The number of ketones is 1. The zero-order chi connectivity index (χ0) is 13.1. The molecule has 5 nitrogen and oxygen atoms in total. The Morgan fingerprint density at radius 1 is 1.39 bits per heavy atom. The van der Waals surface area contributed by atoms with Crippen molar-refractivity contribution >= 4 is 17.7 Å². The summed E-state index contributed by atoms with van der Waals surface area (Å²) >= 11 is 0. The molecule has 0 saturated carbocycles. The Balaban J connectivity index is 2.31. The monoisotopic (exact) mass is 248 g/mol. The Kier molecular flexibility index (Phi) is 3.41. The molecule has 1 aliphatic heterocycles. The molecule has 0 fully saturated rings. The molecule has 1 unspecified atom stereocenters. The summed E-state index contributed by atoms with van der Waals surface area (Å²) in [6.07, 6.45) is 0. The Bertz CT molecular complexity index is 506. The highest BCUT2D eigenvalue weighted by atomic mass is 16.5. The van der Waals surface area contributed by atoms with Crippen molar-refractivity contribution in [3.8, 4) is 0 Å². The van der Waals surface area contributed by atoms with Gasteiger partial charge in [-0.05, 0) is 18.6 Å². The van der Waals surface area contributed by atoms with Gasteiger partial charge in [0.25, 0.3) is 5.78 Å². The number of hydrogen-bond donors (Lipinski definition) is 0. The van der Waals surface area contributed by atoms with Gasteiger partial charge in [0.2, 0.25) is 0 Å². The van der Waals surface area contributed by atoms with Gasteiger partial charge in [-0.15, -0.1) is 0 Å². The van der Waals surface area contributed by atoms with Crippen LogP contribution in [0.2, 0.25) is 0 Å². The number of ether oxygens (including phenoxy) is 2. The maximum absolute atomic E-state index is 11.9. The van der Waals surface area contributed by atoms with Crippen molar-refractivity contribution in [1.29, 1.82) is 0 Å². The van der Waals surface area contributed by atoms with Gasteiger partial charge < -0.3 is 9.47 Å². The minimum absolute atomic E-state index is 0.118. The van der Waals surface area contributed by atoms with Crippen LogP contribution in [-0.2, 0) is 19.1 Å². The molecule has 1 atom stereocenters. The normalized spacial score (nSPS) is 17.6. The number of hydrogen-bond acceptors (Lipinski definition) is 5. The van der Waals surface area contributed by atoms with Crippen LogP contribution < -0.4 is 0 Å². The lowest BCUT2D eigenvalue weighted by Crippen LogP contribution is -2.32. The average Bonchev–Trinajstić information content (AvgIpc) is 2.39. The Morgan fingerprint density at radius 3 is 2.83 bits per heavy atom. The fraction of sp³-hybridized carbons (Fsp3) is 0.308. The van der Waals surface area contributed by atoms with Crippen molar-refractivity contribution in [3.05, 3.63) is 35.4 Å². The SMILES string of the molecule is CCOC(=O)C(=O)C1COC(=O)c2ccccc21. The summed E-state index contributed by atoms with van der Waals surface area (Å²) in [6, 6.07) is 6.61. The van der Waals surface area contributed by atoms with Gasteiger partial charge in [0, 0.05) is 0 Å². The van der Waals surface area contributed by atoms with Crippen LogP contribution >= 0.6 is 0 Å². The van der Waals surface area contributed by atoms with E-state index in [-0.39, 0.29) is 13.2 Å². The second-order valence-electron chi connectivity index (χ2n) is 3.82. The highest BCUT2D eigenvalue weighted by Crippen LogP contribution is 2.27. The molecule has 0 spiro atoms. The Morgan fingerprint density at radius 2 is 2.11 bits per heavy atom. The largest absolute Gasteiger partial charge is 0.461 e. The van der Waals surface area contributed by atoms with Gasteiger partial charge in [0.1, 0.15) is 6.61 Å². The number of carbonyl (C=O) groups is 3. The summed E-state index contributed by atoms with van der Waals surface area (Å²) in [6.45, 7) is 1.65. The molecule has 1 heterocycles. The first-order chi connectivity index (χ1) is 8.65. The van der Waals surface area contributed by atoms with Gasteiger partial charge in [-0.1, -0.05) is 18.2 Å². The fourth-order valence-corrected chi connectivity index (χ4v) is 1.87. The summed E-state index contributed by atoms with van der Waals surface area (Å²) < 4.78 is 9.57. The van der Waals surface area contributed by atoms with E-state index >= 15 is 0 Å². The maximum atomic E-state index is 11.9. The van der Waals surface area contributed by atoms with E-state index in [1.54, 1.807) is 31.2 Å². The molecule has 94 valence electrons. The molecule has 1 aromatic rings. The summed E-state index contributed by atoms with van der Waals surface area (Å²) in [5.41, 5.74) is 0.846. The van der Waals surface area contributed by atoms with E-state index in [0.29, 0.717) is 11.1 Å². The number of fused-ring (bicyclic) bond motifs is 1. The van der Waals surface area contributed by atoms with Crippen LogP contribution in [0.1, 0.15) is 28.8 Å². The topological polar surface area (TPSA) is 69.7 Å². The highest BCUT2D eigenvalue weighted by molar-refractivity contribution is 6.36. The number of cyclic esters (lactones) is 1. The van der Waals surface area contributed by atoms with Gasteiger partial charge in [0.05, 0.1) is 18.1 Å². The molecular formula is C13H12O5. The molecular weight excluding hydrogens is 236 g/mol. The number of carbonyl (C=O) groups excluding carboxylic acids is 3. The molecule has 0 N–H and O–H groups in total. The van der Waals surface area contributed by atoms with Crippen molar-refractivity contribution < 1.29 is 23.9 Å². The molecule has 0 bridgehead atoms. The smallest absolute Gasteiger partial charge is 0.375 e. The lowest BCUT2D eigenvalue weighted by Gasteiger charge is -2.22. The number of benzene rings is 1. The molecule has 18 heavy (non-hydrogen) atoms. The Hall–Kier alpha value is -2.17. The summed E-state index contributed by atoms with van der Waals surface area (Å²) in [7, 11) is 0. The standard InChI is InChI=1S/C13H12O5/c1-2-17-13(16)11(14)10-7-18-12(15)9-6-4-3-5-8(9)10/h3-6,10H,2,7H2,1H3. The van der Waals surface area contributed by atoms with E-state index in [1.165, 1.54) is 0 Å². The van der Waals surface area contributed by atoms with E-state index in [9.17, 15) is 14.4 Å². The molecule has 0 saturated heterocycles. The second-order valence-corrected chi connectivity index (χ2v) is 3.82. The van der Waals surface area contributed by atoms with Crippen LogP contribution in [0.4, 0.5) is 0 Å². The van der Waals surface area contributed by atoms with Gasteiger partial charge in [-0.25, -0.2) is 9.59 Å². The first-order valence-electron chi connectivity index (χ1n) is 5.62. The molecule has 0 radical (unpaired) electrons. The molecule has 2 rings (SSSR count). The minimum atomic E-state index is -0.893. The molecule has 0 aromatic heterocycles. The van der Waals surface area contributed by atoms with Crippen LogP contribution in [0.3, 0.4) is 0 Å². The van der Waals surface area contributed by atoms with Crippen molar-refractivity contribution in [2.24, 2.45) is 0 Å². The van der Waals surface area contributed by atoms with Crippen molar-refractivity contribution in [2.45, 2.75) is 12.8 Å². The van der Waals surface area contributed by atoms with Gasteiger partial charge in [0.15, 0.2) is 0 Å². The molecule has 0 aliphatic carbocycles. The van der Waals surface area contributed by atoms with Crippen LogP contribution in [0.15, 0.2) is 24.3 Å². The first kappa shape index (κ1) is 12.3. The van der Waals surface area contributed by atoms with Gasteiger partial charge >= 0.3 is 11.9 Å². The predicted molar refractivity (Wildman–Crippen MR) is 61.1 cm³/mol. The van der Waals surface area contributed by atoms with Crippen molar-refractivity contribution in [1.82, 2.24) is 0 Å². The lowest BCUT2D eigenvalue weighted by atomic mass is 9.89. The van der Waals surface area contributed by atoms with Crippen LogP contribution in [0, 0.1) is 0 Å². The van der Waals surface area contributed by atoms with Gasteiger partial charge in [-0.2, -0.15) is 0 Å². The van der Waals surface area contributed by atoms with E-state index < -0.39 is 23.6 Å². The average molecular weight is 248 g/mol. The van der Waals surface area contributed by atoms with Crippen molar-refractivity contribution in [3.63, 3.8) is 0 Å². The third-order valence-electron chi connectivity index (χ3n) is 2.73. The van der Waals surface area contributed by atoms with Gasteiger partial charge in [-0.3, -0.25) is 4.79 Å². The predicted octanol–water partition coefficient (Wildman–Crippen LogP) is 1.07. The van der Waals surface area contributed by atoms with Crippen LogP contribution in [0.25, 0.3) is 0 Å². The van der Waals surface area contributed by atoms with E-state index in [4.69, 9.17) is 4.74 Å². The Labute approximate surface area is 104 Å². The van der Waals surface area contributed by atoms with E-state index in [2.05, 4.69) is 4.74 Å². The number of Topliss-reactive ketones (excluding diaryl/α,β-unsaturated/α-hetero) is 1. The second kappa shape index (κ2) is 5.00. The fourth-order valence-electron chi connectivity index (χ4n) is 1.87. The third-order valence-corrected chi connectivity index (χ3v) is 2.73. The molecule has 0 amide bonds. The maximum Gasteiger partial charge on any atom is 0.375 e. The summed E-state index contributed by atoms with van der Waals surface area (Å²) in [4.78, 5) is 34.8. The minimum Gasteiger partial charge on any atom is -0.461 e. The lowest BCUT2D eigenvalue weighted by molar-refractivity contribution is -0.154. The third kappa shape index (κ3) is 2.11. The summed E-state index contributed by atoms with van der Waals surface area (Å²) in [5, 5.41) is 0. The zero-order valence-electron chi connectivity index (χ0n) is 9.84. The number of esters is 2. The summed E-state index contributed by atoms with van der Waals surface area (Å²) in [5.74, 6) is -2.82. The van der Waals surface area contributed by atoms with E-state index in [1.807, 2.05) is 0 Å². The van der Waals surface area contributed by atoms with Crippen LogP contribution in [0.5, 0.6) is 0 Å². The zero-order valence-corrected chi connectivity index (χ0v) is 9.84. The van der Waals surface area contributed by atoms with Crippen LogP contribution in [-0.4, -0.2) is 30.9 Å². The first-order valence-corrected chi connectivity index (χ1v) is 5.62. The number of rotatable bonds is 3. The van der Waals surface area contributed by atoms with Crippen molar-refractivity contribution in [2.75, 3.05) is 13.2 Å². The highest BCUT2D eigenvalue weighted by Gasteiger charge is 2.35. The quantitative estimate of drug-likeness (QED) is 0.591. The molecule has 5 heteroatoms. The molecule has 1 aliphatic rings. The van der Waals surface area contributed by atoms with E-state index in [0.717, 1.165) is 0 Å².